The molecule has 0 N–H and O–H groups in total. The number of allylic oxidation sites excluding steroid dienone is 2. The molecule has 0 aliphatic heterocycles. The number of hydrogen-bond donors (Lipinski definition) is 0. The molecule has 1 fully saturated rings. The second-order valence-corrected chi connectivity index (χ2v) is 4.70. The molecule has 0 atom stereocenters. The normalized spacial score (nSPS) is 23.9. The molecule has 1 saturated carbocycles. The molecule has 0 nitrogen and oxygen atoms in total. The molecule has 1 aliphatic carbocycles. The standard InChI is InChI=1S/C15H17F2.Li/c1-2-4-11-7-9-12(10-8-11)13-5-3-6-14(16)15(13)17;/h2-5,11-12H,7-10H2,1H3;/q-1;+1. The van der Waals surface area contributed by atoms with Crippen LogP contribution in [-0.4, -0.2) is 0 Å². The van der Waals surface area contributed by atoms with Crippen LogP contribution < -0.4 is 18.9 Å². The summed E-state index contributed by atoms with van der Waals surface area (Å²) in [6.07, 6.45) is 8.29. The van der Waals surface area contributed by atoms with Gasteiger partial charge in [0.15, 0.2) is 0 Å². The van der Waals surface area contributed by atoms with E-state index in [1.807, 2.05) is 6.92 Å². The molecule has 1 aromatic carbocycles. The Morgan fingerprint density at radius 1 is 1.22 bits per heavy atom. The summed E-state index contributed by atoms with van der Waals surface area (Å²) < 4.78 is 26.7. The van der Waals surface area contributed by atoms with Gasteiger partial charge in [-0.2, -0.15) is 12.1 Å². The first-order chi connectivity index (χ1) is 8.22. The summed E-state index contributed by atoms with van der Waals surface area (Å²) in [6.45, 7) is 2.02. The molecule has 0 amide bonds. The zero-order chi connectivity index (χ0) is 12.3. The van der Waals surface area contributed by atoms with E-state index >= 15 is 0 Å². The van der Waals surface area contributed by atoms with Gasteiger partial charge in [-0.25, -0.2) is 4.39 Å². The van der Waals surface area contributed by atoms with Crippen molar-refractivity contribution >= 4 is 0 Å². The maximum Gasteiger partial charge on any atom is 1.00 e. The number of hydrogen-bond acceptors (Lipinski definition) is 0. The van der Waals surface area contributed by atoms with Crippen molar-refractivity contribution in [2.24, 2.45) is 5.92 Å². The Kier molecular flexibility index (Phi) is 6.12. The minimum absolute atomic E-state index is 0. The topological polar surface area (TPSA) is 0 Å². The second-order valence-electron chi connectivity index (χ2n) is 4.70. The van der Waals surface area contributed by atoms with Crippen molar-refractivity contribution in [3.05, 3.63) is 47.5 Å². The minimum Gasteiger partial charge on any atom is -0.281 e. The Morgan fingerprint density at radius 3 is 2.50 bits per heavy atom. The van der Waals surface area contributed by atoms with Crippen molar-refractivity contribution in [2.75, 3.05) is 0 Å². The Hall–Kier alpha value is -0.583. The number of rotatable bonds is 2. The molecule has 18 heavy (non-hydrogen) atoms. The molecule has 92 valence electrons. The Labute approximate surface area is 120 Å². The van der Waals surface area contributed by atoms with Gasteiger partial charge in [0.1, 0.15) is 0 Å². The summed E-state index contributed by atoms with van der Waals surface area (Å²) in [6, 6.07) is 5.40. The first kappa shape index (κ1) is 15.5. The van der Waals surface area contributed by atoms with Gasteiger partial charge in [0.25, 0.3) is 0 Å². The van der Waals surface area contributed by atoms with E-state index in [4.69, 9.17) is 0 Å². The van der Waals surface area contributed by atoms with E-state index in [0.29, 0.717) is 11.5 Å². The summed E-state index contributed by atoms with van der Waals surface area (Å²) in [5.41, 5.74) is 0.528. The fourth-order valence-electron chi connectivity index (χ4n) is 2.68. The molecule has 0 heterocycles. The maximum absolute atomic E-state index is 13.6. The second kappa shape index (κ2) is 7.12. The van der Waals surface area contributed by atoms with Crippen LogP contribution in [-0.2, 0) is 0 Å². The van der Waals surface area contributed by atoms with Crippen LogP contribution in [0.15, 0.2) is 24.3 Å². The van der Waals surface area contributed by atoms with Gasteiger partial charge in [-0.3, -0.25) is 4.39 Å². The van der Waals surface area contributed by atoms with E-state index in [2.05, 4.69) is 18.2 Å². The molecule has 1 aromatic rings. The van der Waals surface area contributed by atoms with E-state index in [1.165, 1.54) is 6.07 Å². The van der Waals surface area contributed by atoms with Crippen LogP contribution in [0.3, 0.4) is 0 Å². The van der Waals surface area contributed by atoms with Crippen LogP contribution in [0, 0.1) is 23.6 Å². The van der Waals surface area contributed by atoms with Crippen molar-refractivity contribution in [3.63, 3.8) is 0 Å². The SMILES string of the molecule is CC=CC1CCC(c2cc[c-]c(F)c2F)CC1.[Li+]. The third-order valence-corrected chi connectivity index (χ3v) is 3.60. The van der Waals surface area contributed by atoms with E-state index in [1.54, 1.807) is 6.07 Å². The third kappa shape index (κ3) is 3.46. The first-order valence-electron chi connectivity index (χ1n) is 6.20. The fraction of sp³-hybridized carbons (Fsp3) is 0.467. The monoisotopic (exact) mass is 242 g/mol. The molecular formula is C15H17F2Li. The molecule has 0 aromatic heterocycles. The van der Waals surface area contributed by atoms with Gasteiger partial charge in [0, 0.05) is 11.6 Å². The predicted octanol–water partition coefficient (Wildman–Crippen LogP) is 1.62. The molecule has 3 heteroatoms. The first-order valence-corrected chi connectivity index (χ1v) is 6.20. The molecule has 2 rings (SSSR count). The maximum atomic E-state index is 13.6. The Morgan fingerprint density at radius 2 is 1.89 bits per heavy atom. The number of halogens is 2. The van der Waals surface area contributed by atoms with Crippen molar-refractivity contribution in [3.8, 4) is 0 Å². The van der Waals surface area contributed by atoms with Crippen molar-refractivity contribution < 1.29 is 27.6 Å². The van der Waals surface area contributed by atoms with Gasteiger partial charge in [0.2, 0.25) is 0 Å². The van der Waals surface area contributed by atoms with Gasteiger partial charge in [-0.05, 0) is 44.4 Å². The van der Waals surface area contributed by atoms with Gasteiger partial charge >= 0.3 is 18.9 Å². The fourth-order valence-corrected chi connectivity index (χ4v) is 2.68. The van der Waals surface area contributed by atoms with Crippen LogP contribution in [0.1, 0.15) is 44.1 Å². The smallest absolute Gasteiger partial charge is 0.281 e. The third-order valence-electron chi connectivity index (χ3n) is 3.60. The molecule has 0 unspecified atom stereocenters. The molecular weight excluding hydrogens is 225 g/mol. The van der Waals surface area contributed by atoms with Gasteiger partial charge in [-0.1, -0.05) is 12.2 Å². The van der Waals surface area contributed by atoms with Crippen molar-refractivity contribution in [1.82, 2.24) is 0 Å². The summed E-state index contributed by atoms with van der Waals surface area (Å²) in [7, 11) is 0. The van der Waals surface area contributed by atoms with Crippen molar-refractivity contribution in [2.45, 2.75) is 38.5 Å². The van der Waals surface area contributed by atoms with E-state index < -0.39 is 11.6 Å². The summed E-state index contributed by atoms with van der Waals surface area (Å²) in [4.78, 5) is 0. The minimum atomic E-state index is -0.849. The van der Waals surface area contributed by atoms with Crippen molar-refractivity contribution in [1.29, 1.82) is 0 Å². The van der Waals surface area contributed by atoms with Crippen LogP contribution in [0.25, 0.3) is 0 Å². The molecule has 0 radical (unpaired) electrons. The van der Waals surface area contributed by atoms with E-state index in [9.17, 15) is 8.78 Å². The largest absolute Gasteiger partial charge is 1.00 e. The van der Waals surface area contributed by atoms with Gasteiger partial charge in [-0.15, -0.1) is 11.6 Å². The zero-order valence-corrected chi connectivity index (χ0v) is 11.0. The van der Waals surface area contributed by atoms with Crippen LogP contribution >= 0.6 is 0 Å². The molecule has 0 bridgehead atoms. The van der Waals surface area contributed by atoms with E-state index in [0.717, 1.165) is 25.7 Å². The van der Waals surface area contributed by atoms with Crippen LogP contribution in [0.2, 0.25) is 0 Å². The summed E-state index contributed by atoms with van der Waals surface area (Å²) in [5, 5.41) is 0. The number of benzene rings is 1. The Balaban J connectivity index is 0.00000162. The quantitative estimate of drug-likeness (QED) is 0.420. The summed E-state index contributed by atoms with van der Waals surface area (Å²) >= 11 is 0. The average molecular weight is 242 g/mol. The molecule has 0 spiro atoms. The Bertz CT molecular complexity index is 407. The molecule has 0 saturated heterocycles. The molecule has 1 aliphatic rings. The van der Waals surface area contributed by atoms with E-state index in [-0.39, 0.29) is 24.8 Å². The summed E-state index contributed by atoms with van der Waals surface area (Å²) in [5.74, 6) is -0.778. The predicted molar refractivity (Wildman–Crippen MR) is 64.7 cm³/mol. The van der Waals surface area contributed by atoms with Crippen LogP contribution in [0.5, 0.6) is 0 Å². The van der Waals surface area contributed by atoms with Crippen LogP contribution in [0.4, 0.5) is 8.78 Å². The zero-order valence-electron chi connectivity index (χ0n) is 11.0. The van der Waals surface area contributed by atoms with Gasteiger partial charge < -0.3 is 0 Å². The average Bonchev–Trinajstić information content (AvgIpc) is 2.34. The van der Waals surface area contributed by atoms with Gasteiger partial charge in [0.05, 0.1) is 0 Å².